The molecule has 106 valence electrons. The van der Waals surface area contributed by atoms with E-state index < -0.39 is 0 Å². The molecule has 4 rings (SSSR count). The summed E-state index contributed by atoms with van der Waals surface area (Å²) in [6.07, 6.45) is 1.60. The van der Waals surface area contributed by atoms with E-state index in [9.17, 15) is 0 Å². The second-order valence-corrected chi connectivity index (χ2v) is 4.52. The molecule has 0 fully saturated rings. The van der Waals surface area contributed by atoms with Gasteiger partial charge >= 0.3 is 0 Å². The average molecular weight is 284 g/mol. The van der Waals surface area contributed by atoms with Crippen molar-refractivity contribution in [2.45, 2.75) is 6.54 Å². The molecule has 1 aliphatic heterocycles. The van der Waals surface area contributed by atoms with E-state index in [1.54, 1.807) is 10.9 Å². The highest BCUT2D eigenvalue weighted by Gasteiger charge is 2.20. The van der Waals surface area contributed by atoms with E-state index in [4.69, 9.17) is 19.6 Å². The van der Waals surface area contributed by atoms with Gasteiger partial charge in [-0.1, -0.05) is 5.21 Å². The van der Waals surface area contributed by atoms with Crippen LogP contribution in [0, 0.1) is 0 Å². The smallest absolute Gasteiger partial charge is 0.231 e. The van der Waals surface area contributed by atoms with Crippen LogP contribution < -0.4 is 15.2 Å². The maximum absolute atomic E-state index is 5.74. The Labute approximate surface area is 119 Å². The van der Waals surface area contributed by atoms with Gasteiger partial charge in [0.25, 0.3) is 0 Å². The highest BCUT2D eigenvalue weighted by molar-refractivity contribution is 5.60. The second kappa shape index (κ2) is 4.64. The third-order valence-corrected chi connectivity index (χ3v) is 3.29. The lowest BCUT2D eigenvalue weighted by molar-refractivity contribution is 0.174. The highest BCUT2D eigenvalue weighted by Crippen LogP contribution is 2.35. The van der Waals surface area contributed by atoms with Gasteiger partial charge in [0, 0.05) is 12.6 Å². The van der Waals surface area contributed by atoms with Crippen molar-refractivity contribution in [1.82, 2.24) is 15.0 Å². The fourth-order valence-corrected chi connectivity index (χ4v) is 2.31. The SMILES string of the molecule is NCc1nnn(-c2ccc3c(c2)OCO3)c1-c1ccco1. The Balaban J connectivity index is 1.87. The molecule has 0 atom stereocenters. The number of nitrogens with zero attached hydrogens (tertiary/aromatic N) is 3. The van der Waals surface area contributed by atoms with Crippen molar-refractivity contribution in [3.8, 4) is 28.6 Å². The third-order valence-electron chi connectivity index (χ3n) is 3.29. The van der Waals surface area contributed by atoms with E-state index in [1.807, 2.05) is 30.3 Å². The van der Waals surface area contributed by atoms with Crippen LogP contribution in [0.15, 0.2) is 41.0 Å². The number of benzene rings is 1. The van der Waals surface area contributed by atoms with Crippen molar-refractivity contribution in [2.75, 3.05) is 6.79 Å². The van der Waals surface area contributed by atoms with E-state index in [0.717, 1.165) is 17.1 Å². The summed E-state index contributed by atoms with van der Waals surface area (Å²) < 4.78 is 17.9. The standard InChI is InChI=1S/C14H12N4O3/c15-7-10-14(12-2-1-5-19-12)18(17-16-10)9-3-4-11-13(6-9)21-8-20-11/h1-6H,7-8,15H2. The molecule has 0 aliphatic carbocycles. The Morgan fingerprint density at radius 2 is 2.10 bits per heavy atom. The van der Waals surface area contributed by atoms with Crippen LogP contribution in [0.3, 0.4) is 0 Å². The molecule has 7 nitrogen and oxygen atoms in total. The minimum atomic E-state index is 0.231. The number of rotatable bonds is 3. The predicted molar refractivity (Wildman–Crippen MR) is 73.1 cm³/mol. The molecule has 2 aromatic heterocycles. The van der Waals surface area contributed by atoms with Gasteiger partial charge in [-0.05, 0) is 24.3 Å². The molecule has 0 radical (unpaired) electrons. The Morgan fingerprint density at radius 3 is 2.90 bits per heavy atom. The fourth-order valence-electron chi connectivity index (χ4n) is 2.31. The van der Waals surface area contributed by atoms with Crippen LogP contribution in [-0.4, -0.2) is 21.8 Å². The molecule has 0 unspecified atom stereocenters. The quantitative estimate of drug-likeness (QED) is 0.787. The van der Waals surface area contributed by atoms with Gasteiger partial charge < -0.3 is 19.6 Å². The van der Waals surface area contributed by atoms with Crippen LogP contribution in [0.2, 0.25) is 0 Å². The number of furan rings is 1. The predicted octanol–water partition coefficient (Wildman–Crippen LogP) is 1.71. The van der Waals surface area contributed by atoms with Crippen molar-refractivity contribution < 1.29 is 13.9 Å². The van der Waals surface area contributed by atoms with Crippen molar-refractivity contribution in [2.24, 2.45) is 5.73 Å². The number of aromatic nitrogens is 3. The molecule has 0 bridgehead atoms. The van der Waals surface area contributed by atoms with Crippen molar-refractivity contribution >= 4 is 0 Å². The number of hydrogen-bond donors (Lipinski definition) is 1. The Hall–Kier alpha value is -2.80. The Morgan fingerprint density at radius 1 is 1.19 bits per heavy atom. The lowest BCUT2D eigenvalue weighted by Crippen LogP contribution is -2.02. The first-order valence-corrected chi connectivity index (χ1v) is 6.45. The lowest BCUT2D eigenvalue weighted by Gasteiger charge is -2.06. The van der Waals surface area contributed by atoms with E-state index in [-0.39, 0.29) is 13.3 Å². The van der Waals surface area contributed by atoms with Crippen LogP contribution in [0.1, 0.15) is 5.69 Å². The minimum Gasteiger partial charge on any atom is -0.463 e. The third kappa shape index (κ3) is 1.86. The maximum Gasteiger partial charge on any atom is 0.231 e. The molecule has 1 aliphatic rings. The van der Waals surface area contributed by atoms with Crippen LogP contribution in [-0.2, 0) is 6.54 Å². The van der Waals surface area contributed by atoms with Crippen LogP contribution in [0.25, 0.3) is 17.1 Å². The minimum absolute atomic E-state index is 0.231. The maximum atomic E-state index is 5.74. The number of fused-ring (bicyclic) bond motifs is 1. The molecular formula is C14H12N4O3. The average Bonchev–Trinajstić information content (AvgIpc) is 3.24. The molecule has 1 aromatic carbocycles. The summed E-state index contributed by atoms with van der Waals surface area (Å²) in [6.45, 7) is 0.510. The van der Waals surface area contributed by atoms with Gasteiger partial charge in [0.1, 0.15) is 11.4 Å². The number of nitrogens with two attached hydrogens (primary N) is 1. The number of ether oxygens (including phenoxy) is 2. The molecule has 0 amide bonds. The first kappa shape index (κ1) is 12.0. The van der Waals surface area contributed by atoms with Crippen molar-refractivity contribution in [3.63, 3.8) is 0 Å². The highest BCUT2D eigenvalue weighted by atomic mass is 16.7. The Bertz CT molecular complexity index is 780. The molecular weight excluding hydrogens is 272 g/mol. The summed E-state index contributed by atoms with van der Waals surface area (Å²) in [6, 6.07) is 9.24. The second-order valence-electron chi connectivity index (χ2n) is 4.52. The van der Waals surface area contributed by atoms with Gasteiger partial charge in [-0.3, -0.25) is 0 Å². The van der Waals surface area contributed by atoms with Gasteiger partial charge in [-0.2, -0.15) is 0 Å². The molecule has 21 heavy (non-hydrogen) atoms. The molecule has 7 heteroatoms. The largest absolute Gasteiger partial charge is 0.463 e. The Kier molecular flexibility index (Phi) is 2.65. The first-order valence-electron chi connectivity index (χ1n) is 6.45. The van der Waals surface area contributed by atoms with Crippen molar-refractivity contribution in [3.05, 3.63) is 42.3 Å². The number of hydrogen-bond acceptors (Lipinski definition) is 6. The van der Waals surface area contributed by atoms with Gasteiger partial charge in [0.2, 0.25) is 6.79 Å². The van der Waals surface area contributed by atoms with Gasteiger partial charge in [0.05, 0.1) is 12.0 Å². The van der Waals surface area contributed by atoms with E-state index in [0.29, 0.717) is 17.2 Å². The fraction of sp³-hybridized carbons (Fsp3) is 0.143. The van der Waals surface area contributed by atoms with E-state index in [1.165, 1.54) is 0 Å². The zero-order valence-electron chi connectivity index (χ0n) is 11.0. The topological polar surface area (TPSA) is 88.3 Å². The van der Waals surface area contributed by atoms with Crippen LogP contribution >= 0.6 is 0 Å². The van der Waals surface area contributed by atoms with E-state index >= 15 is 0 Å². The van der Waals surface area contributed by atoms with Crippen LogP contribution in [0.5, 0.6) is 11.5 Å². The van der Waals surface area contributed by atoms with Gasteiger partial charge in [0.15, 0.2) is 17.3 Å². The molecule has 2 N–H and O–H groups in total. The summed E-state index contributed by atoms with van der Waals surface area (Å²) >= 11 is 0. The van der Waals surface area contributed by atoms with Gasteiger partial charge in [-0.25, -0.2) is 4.68 Å². The van der Waals surface area contributed by atoms with Crippen LogP contribution in [0.4, 0.5) is 0 Å². The van der Waals surface area contributed by atoms with Gasteiger partial charge in [-0.15, -0.1) is 5.10 Å². The molecule has 3 aromatic rings. The molecule has 3 heterocycles. The zero-order valence-corrected chi connectivity index (χ0v) is 11.0. The summed E-state index contributed by atoms with van der Waals surface area (Å²) in [5.41, 5.74) is 7.95. The molecule has 0 saturated carbocycles. The monoisotopic (exact) mass is 284 g/mol. The summed E-state index contributed by atoms with van der Waals surface area (Å²) in [7, 11) is 0. The lowest BCUT2D eigenvalue weighted by atomic mass is 10.2. The summed E-state index contributed by atoms with van der Waals surface area (Å²) in [5.74, 6) is 2.07. The normalized spacial score (nSPS) is 12.8. The first-order chi connectivity index (χ1) is 10.4. The summed E-state index contributed by atoms with van der Waals surface area (Å²) in [5, 5.41) is 8.29. The van der Waals surface area contributed by atoms with E-state index in [2.05, 4.69) is 10.3 Å². The molecule has 0 spiro atoms. The zero-order chi connectivity index (χ0) is 14.2. The van der Waals surface area contributed by atoms with Crippen molar-refractivity contribution in [1.29, 1.82) is 0 Å². The molecule has 0 saturated heterocycles. The summed E-state index contributed by atoms with van der Waals surface area (Å²) in [4.78, 5) is 0.